The van der Waals surface area contributed by atoms with Crippen LogP contribution >= 0.6 is 11.3 Å². The van der Waals surface area contributed by atoms with Crippen LogP contribution in [0.1, 0.15) is 34.4 Å². The van der Waals surface area contributed by atoms with Gasteiger partial charge in [0.05, 0.1) is 10.9 Å². The quantitative estimate of drug-likeness (QED) is 0.817. The Morgan fingerprint density at radius 2 is 2.13 bits per heavy atom. The van der Waals surface area contributed by atoms with Gasteiger partial charge in [0, 0.05) is 16.5 Å². The van der Waals surface area contributed by atoms with E-state index in [0.29, 0.717) is 5.92 Å². The second-order valence-electron chi connectivity index (χ2n) is 6.24. The summed E-state index contributed by atoms with van der Waals surface area (Å²) in [4.78, 5) is 1.55. The van der Waals surface area contributed by atoms with Crippen LogP contribution in [0.2, 0.25) is 0 Å². The van der Waals surface area contributed by atoms with E-state index in [1.165, 1.54) is 10.4 Å². The molecule has 1 aliphatic carbocycles. The number of thiophene rings is 1. The Balaban J connectivity index is 1.82. The van der Waals surface area contributed by atoms with Crippen molar-refractivity contribution in [2.75, 3.05) is 5.32 Å². The number of fused-ring (bicyclic) bond motifs is 3. The van der Waals surface area contributed by atoms with Crippen molar-refractivity contribution in [2.24, 2.45) is 11.1 Å². The third-order valence-electron chi connectivity index (χ3n) is 4.85. The smallest absolute Gasteiger partial charge is 0.238 e. The van der Waals surface area contributed by atoms with Gasteiger partial charge in [-0.25, -0.2) is 13.6 Å². The lowest BCUT2D eigenvalue weighted by atomic mass is 9.78. The number of aryl methyl sites for hydroxylation is 1. The van der Waals surface area contributed by atoms with Crippen molar-refractivity contribution in [1.29, 1.82) is 0 Å². The summed E-state index contributed by atoms with van der Waals surface area (Å²) in [5, 5.41) is 11.0. The molecule has 3 N–H and O–H groups in total. The van der Waals surface area contributed by atoms with E-state index in [1.54, 1.807) is 23.5 Å². The Kier molecular flexibility index (Phi) is 3.37. The molecule has 4 rings (SSSR count). The lowest BCUT2D eigenvalue weighted by molar-refractivity contribution is 0.428. The number of rotatable bonds is 2. The van der Waals surface area contributed by atoms with E-state index >= 15 is 0 Å². The second kappa shape index (κ2) is 5.19. The molecule has 2 aliphatic rings. The fraction of sp³-hybridized carbons (Fsp3) is 0.294. The van der Waals surface area contributed by atoms with Gasteiger partial charge in [-0.15, -0.1) is 11.3 Å². The van der Waals surface area contributed by atoms with Crippen LogP contribution in [-0.2, 0) is 10.0 Å². The van der Waals surface area contributed by atoms with Crippen molar-refractivity contribution in [3.63, 3.8) is 0 Å². The zero-order valence-corrected chi connectivity index (χ0v) is 14.3. The van der Waals surface area contributed by atoms with Crippen molar-refractivity contribution in [2.45, 2.75) is 30.2 Å². The molecule has 2 heterocycles. The zero-order chi connectivity index (χ0) is 16.2. The fourth-order valence-corrected chi connectivity index (χ4v) is 5.31. The van der Waals surface area contributed by atoms with E-state index in [-0.39, 0.29) is 16.9 Å². The Labute approximate surface area is 140 Å². The summed E-state index contributed by atoms with van der Waals surface area (Å²) in [7, 11) is -3.68. The molecule has 2 aromatic rings. The lowest BCUT2D eigenvalue weighted by Gasteiger charge is -2.37. The largest absolute Gasteiger partial charge is 0.377 e. The van der Waals surface area contributed by atoms with E-state index in [4.69, 9.17) is 5.14 Å². The third kappa shape index (κ3) is 2.41. The molecule has 0 bridgehead atoms. The first kappa shape index (κ1) is 14.9. The van der Waals surface area contributed by atoms with Crippen molar-refractivity contribution in [3.8, 4) is 0 Å². The Bertz CT molecular complexity index is 899. The van der Waals surface area contributed by atoms with E-state index in [2.05, 4.69) is 35.8 Å². The SMILES string of the molecule is Cc1ccsc1C1Nc2ccc(S(N)(=O)=O)cc2C2C=CCC21. The van der Waals surface area contributed by atoms with Crippen LogP contribution in [0.25, 0.3) is 0 Å². The summed E-state index contributed by atoms with van der Waals surface area (Å²) in [5.41, 5.74) is 3.34. The van der Waals surface area contributed by atoms with Gasteiger partial charge < -0.3 is 5.32 Å². The predicted molar refractivity (Wildman–Crippen MR) is 93.2 cm³/mol. The minimum atomic E-state index is -3.68. The molecule has 1 aromatic heterocycles. The van der Waals surface area contributed by atoms with Gasteiger partial charge in [-0.2, -0.15) is 0 Å². The van der Waals surface area contributed by atoms with Crippen LogP contribution in [0.5, 0.6) is 0 Å². The minimum Gasteiger partial charge on any atom is -0.377 e. The third-order valence-corrected chi connectivity index (χ3v) is 6.86. The maximum atomic E-state index is 11.6. The van der Waals surface area contributed by atoms with Crippen molar-refractivity contribution in [1.82, 2.24) is 0 Å². The summed E-state index contributed by atoms with van der Waals surface area (Å²) >= 11 is 1.78. The summed E-state index contributed by atoms with van der Waals surface area (Å²) in [5.74, 6) is 0.648. The van der Waals surface area contributed by atoms with E-state index in [1.807, 2.05) is 6.07 Å². The molecule has 0 radical (unpaired) electrons. The summed E-state index contributed by atoms with van der Waals surface area (Å²) in [6, 6.07) is 7.57. The van der Waals surface area contributed by atoms with Crippen LogP contribution in [0.15, 0.2) is 46.7 Å². The monoisotopic (exact) mass is 346 g/mol. The molecule has 3 atom stereocenters. The first-order valence-electron chi connectivity index (χ1n) is 7.59. The number of primary sulfonamides is 1. The number of sulfonamides is 1. The number of allylic oxidation sites excluding steroid dienone is 2. The molecule has 1 aromatic carbocycles. The zero-order valence-electron chi connectivity index (χ0n) is 12.7. The van der Waals surface area contributed by atoms with Crippen molar-refractivity contribution in [3.05, 3.63) is 57.8 Å². The van der Waals surface area contributed by atoms with Gasteiger partial charge in [0.2, 0.25) is 10.0 Å². The maximum absolute atomic E-state index is 11.6. The molecule has 120 valence electrons. The van der Waals surface area contributed by atoms with Gasteiger partial charge in [-0.1, -0.05) is 12.2 Å². The minimum absolute atomic E-state index is 0.183. The number of nitrogens with one attached hydrogen (secondary N) is 1. The standard InChI is InChI=1S/C17H18N2O2S2/c1-10-7-8-22-17(10)16-13-4-2-3-12(13)14-9-11(23(18,20)21)5-6-15(14)19-16/h2-3,5-9,12-13,16,19H,4H2,1H3,(H2,18,20,21). The van der Waals surface area contributed by atoms with Gasteiger partial charge in [0.1, 0.15) is 0 Å². The summed E-state index contributed by atoms with van der Waals surface area (Å²) < 4.78 is 23.3. The molecule has 0 fully saturated rings. The highest BCUT2D eigenvalue weighted by Crippen LogP contribution is 2.51. The van der Waals surface area contributed by atoms with Gasteiger partial charge in [-0.05, 0) is 60.0 Å². The Morgan fingerprint density at radius 1 is 1.30 bits per heavy atom. The van der Waals surface area contributed by atoms with Gasteiger partial charge in [-0.3, -0.25) is 0 Å². The van der Waals surface area contributed by atoms with Crippen LogP contribution in [-0.4, -0.2) is 8.42 Å². The van der Waals surface area contributed by atoms with Crippen molar-refractivity contribution >= 4 is 27.0 Å². The molecule has 23 heavy (non-hydrogen) atoms. The van der Waals surface area contributed by atoms with E-state index in [9.17, 15) is 8.42 Å². The molecule has 0 amide bonds. The van der Waals surface area contributed by atoms with Gasteiger partial charge >= 0.3 is 0 Å². The normalized spacial score (nSPS) is 25.7. The number of hydrogen-bond acceptors (Lipinski definition) is 4. The van der Waals surface area contributed by atoms with Crippen LogP contribution in [0.3, 0.4) is 0 Å². The van der Waals surface area contributed by atoms with Crippen LogP contribution in [0.4, 0.5) is 5.69 Å². The van der Waals surface area contributed by atoms with Crippen LogP contribution < -0.4 is 10.5 Å². The highest BCUT2D eigenvalue weighted by Gasteiger charge is 2.39. The van der Waals surface area contributed by atoms with Crippen LogP contribution in [0, 0.1) is 12.8 Å². The summed E-state index contributed by atoms with van der Waals surface area (Å²) in [6.45, 7) is 2.14. The number of benzene rings is 1. The first-order chi connectivity index (χ1) is 10.9. The first-order valence-corrected chi connectivity index (χ1v) is 10.0. The number of nitrogens with two attached hydrogens (primary N) is 1. The molecular formula is C17H18N2O2S2. The lowest BCUT2D eigenvalue weighted by Crippen LogP contribution is -2.29. The Morgan fingerprint density at radius 3 is 2.83 bits per heavy atom. The topological polar surface area (TPSA) is 72.2 Å². The predicted octanol–water partition coefficient (Wildman–Crippen LogP) is 3.53. The summed E-state index contributed by atoms with van der Waals surface area (Å²) in [6.07, 6.45) is 5.40. The van der Waals surface area contributed by atoms with Crippen molar-refractivity contribution < 1.29 is 8.42 Å². The molecule has 0 saturated carbocycles. The highest BCUT2D eigenvalue weighted by atomic mass is 32.2. The fourth-order valence-electron chi connectivity index (χ4n) is 3.71. The maximum Gasteiger partial charge on any atom is 0.238 e. The van der Waals surface area contributed by atoms with E-state index < -0.39 is 10.0 Å². The molecule has 3 unspecified atom stereocenters. The Hall–Kier alpha value is -1.63. The number of hydrogen-bond donors (Lipinski definition) is 2. The molecule has 6 heteroatoms. The average Bonchev–Trinajstić information content (AvgIpc) is 3.14. The molecular weight excluding hydrogens is 328 g/mol. The van der Waals surface area contributed by atoms with Gasteiger partial charge in [0.15, 0.2) is 0 Å². The molecule has 0 spiro atoms. The highest BCUT2D eigenvalue weighted by molar-refractivity contribution is 7.89. The second-order valence-corrected chi connectivity index (χ2v) is 8.75. The van der Waals surface area contributed by atoms with Gasteiger partial charge in [0.25, 0.3) is 0 Å². The van der Waals surface area contributed by atoms with E-state index in [0.717, 1.165) is 17.7 Å². The average molecular weight is 346 g/mol. The molecule has 4 nitrogen and oxygen atoms in total. The molecule has 1 aliphatic heterocycles. The number of anilines is 1. The molecule has 0 saturated heterocycles.